The highest BCUT2D eigenvalue weighted by Gasteiger charge is 2.20. The number of aliphatic hydroxyl groups excluding tert-OH is 1. The summed E-state index contributed by atoms with van der Waals surface area (Å²) in [6, 6.07) is 16.0. The highest BCUT2D eigenvalue weighted by atomic mass is 16.5. The van der Waals surface area contributed by atoms with Crippen LogP contribution < -0.4 is 10.2 Å². The number of carbonyl (C=O) groups excluding carboxylic acids is 1. The number of hydrogen-bond acceptors (Lipinski definition) is 4. The van der Waals surface area contributed by atoms with Gasteiger partial charge in [0.2, 0.25) is 0 Å². The summed E-state index contributed by atoms with van der Waals surface area (Å²) in [5.41, 5.74) is 4.48. The van der Waals surface area contributed by atoms with Gasteiger partial charge < -0.3 is 25.0 Å². The Bertz CT molecular complexity index is 781. The molecule has 1 unspecified atom stereocenters. The van der Waals surface area contributed by atoms with Gasteiger partial charge in [0, 0.05) is 38.6 Å². The summed E-state index contributed by atoms with van der Waals surface area (Å²) in [6.07, 6.45) is 0.340. The lowest BCUT2D eigenvalue weighted by Crippen LogP contribution is -2.39. The number of benzene rings is 2. The first-order chi connectivity index (χ1) is 13.1. The van der Waals surface area contributed by atoms with Crippen LogP contribution in [0.3, 0.4) is 0 Å². The van der Waals surface area contributed by atoms with Gasteiger partial charge in [-0.15, -0.1) is 0 Å². The highest BCUT2D eigenvalue weighted by molar-refractivity contribution is 5.90. The topological polar surface area (TPSA) is 65.0 Å². The van der Waals surface area contributed by atoms with E-state index in [1.807, 2.05) is 24.3 Å². The van der Waals surface area contributed by atoms with Crippen LogP contribution in [0.1, 0.15) is 11.1 Å². The number of carbonyl (C=O) groups is 1. The van der Waals surface area contributed by atoms with Crippen molar-refractivity contribution in [3.05, 3.63) is 59.7 Å². The summed E-state index contributed by atoms with van der Waals surface area (Å²) < 4.78 is 4.91. The quantitative estimate of drug-likeness (QED) is 0.788. The average molecular weight is 369 g/mol. The van der Waals surface area contributed by atoms with Crippen LogP contribution in [0, 0.1) is 0 Å². The molecule has 2 amide bonds. The van der Waals surface area contributed by atoms with Crippen molar-refractivity contribution >= 4 is 17.4 Å². The van der Waals surface area contributed by atoms with E-state index < -0.39 is 6.10 Å². The van der Waals surface area contributed by atoms with Crippen molar-refractivity contribution in [2.24, 2.45) is 0 Å². The van der Waals surface area contributed by atoms with Crippen LogP contribution in [0.5, 0.6) is 0 Å². The van der Waals surface area contributed by atoms with Crippen molar-refractivity contribution in [1.82, 2.24) is 4.90 Å². The number of para-hydroxylation sites is 2. The molecule has 3 rings (SSSR count). The molecule has 2 aromatic carbocycles. The van der Waals surface area contributed by atoms with E-state index in [9.17, 15) is 9.90 Å². The van der Waals surface area contributed by atoms with Crippen molar-refractivity contribution in [1.29, 1.82) is 0 Å². The van der Waals surface area contributed by atoms with Gasteiger partial charge in [-0.05, 0) is 29.7 Å². The molecule has 6 heteroatoms. The van der Waals surface area contributed by atoms with E-state index in [1.165, 1.54) is 23.3 Å². The Morgan fingerprint density at radius 1 is 1.26 bits per heavy atom. The fourth-order valence-electron chi connectivity index (χ4n) is 3.41. The molecule has 0 radical (unpaired) electrons. The number of amides is 2. The number of rotatable bonds is 7. The van der Waals surface area contributed by atoms with E-state index in [0.29, 0.717) is 0 Å². The van der Waals surface area contributed by atoms with E-state index in [4.69, 9.17) is 4.74 Å². The minimum atomic E-state index is -0.706. The molecule has 1 atom stereocenters. The van der Waals surface area contributed by atoms with Gasteiger partial charge in [0.25, 0.3) is 0 Å². The molecule has 27 heavy (non-hydrogen) atoms. The van der Waals surface area contributed by atoms with Crippen LogP contribution in [0.4, 0.5) is 16.2 Å². The normalized spacial score (nSPS) is 14.0. The Kier molecular flexibility index (Phi) is 6.32. The minimum absolute atomic E-state index is 0.197. The largest absolute Gasteiger partial charge is 0.389 e. The number of ether oxygens (including phenoxy) is 1. The standard InChI is InChI=1S/C21H27N3O3/c1-23(14-18(25)15-27-2)21(26)22-19-9-5-3-8-17(19)13-24-12-11-16-7-4-6-10-20(16)24/h3-10,18,25H,11-15H2,1-2H3,(H,22,26). The molecule has 0 saturated heterocycles. The fourth-order valence-corrected chi connectivity index (χ4v) is 3.41. The zero-order chi connectivity index (χ0) is 19.2. The van der Waals surface area contributed by atoms with Crippen LogP contribution in [0.2, 0.25) is 0 Å². The lowest BCUT2D eigenvalue weighted by atomic mass is 10.1. The molecule has 6 nitrogen and oxygen atoms in total. The molecular formula is C21H27N3O3. The zero-order valence-corrected chi connectivity index (χ0v) is 15.9. The molecule has 1 heterocycles. The van der Waals surface area contributed by atoms with Gasteiger partial charge in [-0.3, -0.25) is 0 Å². The number of anilines is 2. The summed E-state index contributed by atoms with van der Waals surface area (Å²) >= 11 is 0. The third kappa shape index (κ3) is 4.78. The Hall–Kier alpha value is -2.57. The van der Waals surface area contributed by atoms with Gasteiger partial charge in [-0.25, -0.2) is 4.79 Å². The lowest BCUT2D eigenvalue weighted by molar-refractivity contribution is 0.0501. The van der Waals surface area contributed by atoms with E-state index in [-0.39, 0.29) is 19.2 Å². The summed E-state index contributed by atoms with van der Waals surface area (Å²) in [5, 5.41) is 12.8. The third-order valence-electron chi connectivity index (χ3n) is 4.79. The predicted molar refractivity (Wildman–Crippen MR) is 107 cm³/mol. The zero-order valence-electron chi connectivity index (χ0n) is 15.9. The highest BCUT2D eigenvalue weighted by Crippen LogP contribution is 2.30. The van der Waals surface area contributed by atoms with Gasteiger partial charge in [0.1, 0.15) is 0 Å². The number of hydrogen-bond donors (Lipinski definition) is 2. The first-order valence-corrected chi connectivity index (χ1v) is 9.18. The maximum atomic E-state index is 12.5. The maximum absolute atomic E-state index is 12.5. The molecule has 0 bridgehead atoms. The molecule has 0 aliphatic carbocycles. The molecule has 2 aromatic rings. The summed E-state index contributed by atoms with van der Waals surface area (Å²) in [6.45, 7) is 2.12. The Morgan fingerprint density at radius 2 is 2.00 bits per heavy atom. The molecule has 1 aliphatic heterocycles. The molecule has 0 aromatic heterocycles. The van der Waals surface area contributed by atoms with Crippen molar-refractivity contribution < 1.29 is 14.6 Å². The Balaban J connectivity index is 1.67. The number of nitrogens with one attached hydrogen (secondary N) is 1. The molecule has 2 N–H and O–H groups in total. The van der Waals surface area contributed by atoms with E-state index >= 15 is 0 Å². The lowest BCUT2D eigenvalue weighted by Gasteiger charge is -2.24. The molecule has 144 valence electrons. The third-order valence-corrected chi connectivity index (χ3v) is 4.79. The first-order valence-electron chi connectivity index (χ1n) is 9.18. The van der Waals surface area contributed by atoms with E-state index in [2.05, 4.69) is 34.5 Å². The number of urea groups is 1. The second-order valence-corrected chi connectivity index (χ2v) is 6.88. The SMILES string of the molecule is COCC(O)CN(C)C(=O)Nc1ccccc1CN1CCc2ccccc21. The summed E-state index contributed by atoms with van der Waals surface area (Å²) in [4.78, 5) is 16.3. The number of nitrogens with zero attached hydrogens (tertiary/aromatic N) is 2. The summed E-state index contributed by atoms with van der Waals surface area (Å²) in [5.74, 6) is 0. The van der Waals surface area contributed by atoms with Crippen LogP contribution in [-0.4, -0.2) is 56.0 Å². The van der Waals surface area contributed by atoms with Gasteiger partial charge in [-0.2, -0.15) is 0 Å². The second-order valence-electron chi connectivity index (χ2n) is 6.88. The fraction of sp³-hybridized carbons (Fsp3) is 0.381. The van der Waals surface area contributed by atoms with Crippen molar-refractivity contribution in [3.8, 4) is 0 Å². The predicted octanol–water partition coefficient (Wildman–Crippen LogP) is 2.72. The number of fused-ring (bicyclic) bond motifs is 1. The summed E-state index contributed by atoms with van der Waals surface area (Å²) in [7, 11) is 3.18. The van der Waals surface area contributed by atoms with Gasteiger partial charge in [0.15, 0.2) is 0 Å². The van der Waals surface area contributed by atoms with E-state index in [0.717, 1.165) is 30.8 Å². The van der Waals surface area contributed by atoms with Crippen LogP contribution in [-0.2, 0) is 17.7 Å². The van der Waals surface area contributed by atoms with Crippen molar-refractivity contribution in [3.63, 3.8) is 0 Å². The van der Waals surface area contributed by atoms with Gasteiger partial charge in [0.05, 0.1) is 19.3 Å². The van der Waals surface area contributed by atoms with Crippen molar-refractivity contribution in [2.45, 2.75) is 19.1 Å². The second kappa shape index (κ2) is 8.88. The van der Waals surface area contributed by atoms with Gasteiger partial charge in [-0.1, -0.05) is 36.4 Å². The molecule has 0 saturated carbocycles. The van der Waals surface area contributed by atoms with E-state index in [1.54, 1.807) is 7.05 Å². The molecule has 0 fully saturated rings. The monoisotopic (exact) mass is 369 g/mol. The van der Waals surface area contributed by atoms with Crippen LogP contribution in [0.15, 0.2) is 48.5 Å². The minimum Gasteiger partial charge on any atom is -0.389 e. The van der Waals surface area contributed by atoms with Crippen LogP contribution in [0.25, 0.3) is 0 Å². The number of aliphatic hydroxyl groups is 1. The number of likely N-dealkylation sites (N-methyl/N-ethyl adjacent to an activating group) is 1. The Morgan fingerprint density at radius 3 is 2.81 bits per heavy atom. The molecule has 0 spiro atoms. The maximum Gasteiger partial charge on any atom is 0.321 e. The molecular weight excluding hydrogens is 342 g/mol. The van der Waals surface area contributed by atoms with Gasteiger partial charge >= 0.3 is 6.03 Å². The first kappa shape index (κ1) is 19.2. The van der Waals surface area contributed by atoms with Crippen LogP contribution >= 0.6 is 0 Å². The molecule has 1 aliphatic rings. The number of methoxy groups -OCH3 is 1. The average Bonchev–Trinajstić information content (AvgIpc) is 3.06. The van der Waals surface area contributed by atoms with Crippen molar-refractivity contribution in [2.75, 3.05) is 44.1 Å². The Labute approximate surface area is 160 Å². The smallest absolute Gasteiger partial charge is 0.321 e.